The topological polar surface area (TPSA) is 58.0 Å². The van der Waals surface area contributed by atoms with Gasteiger partial charge in [-0.05, 0) is 24.6 Å². The fourth-order valence-electron chi connectivity index (χ4n) is 2.12. The number of nitrogens with zero attached hydrogens (tertiary/aromatic N) is 2. The Morgan fingerprint density at radius 1 is 1.00 bits per heavy atom. The number of hydrogen-bond donors (Lipinski definition) is 2. The van der Waals surface area contributed by atoms with E-state index in [1.54, 1.807) is 30.0 Å². The third-order valence-electron chi connectivity index (χ3n) is 3.16. The molecule has 5 heteroatoms. The van der Waals surface area contributed by atoms with Crippen LogP contribution in [0.2, 0.25) is 0 Å². The summed E-state index contributed by atoms with van der Waals surface area (Å²) in [4.78, 5) is 9.00. The summed E-state index contributed by atoms with van der Waals surface area (Å²) < 4.78 is 0. The van der Waals surface area contributed by atoms with Crippen molar-refractivity contribution in [1.82, 2.24) is 9.97 Å². The van der Waals surface area contributed by atoms with Gasteiger partial charge in [0.1, 0.15) is 11.6 Å². The molecule has 2 aromatic carbocycles. The molecular formula is C18H17N3OS. The lowest BCUT2D eigenvalue weighted by Crippen LogP contribution is -1.98. The van der Waals surface area contributed by atoms with Gasteiger partial charge in [-0.2, -0.15) is 0 Å². The fourth-order valence-corrected chi connectivity index (χ4v) is 2.98. The highest BCUT2D eigenvalue weighted by atomic mass is 32.2. The van der Waals surface area contributed by atoms with Crippen LogP contribution in [0.5, 0.6) is 5.75 Å². The second-order valence-electron chi connectivity index (χ2n) is 5.13. The second kappa shape index (κ2) is 7.15. The average molecular weight is 323 g/mol. The first-order chi connectivity index (χ1) is 11.2. The Balaban J connectivity index is 1.73. The van der Waals surface area contributed by atoms with Gasteiger partial charge in [0.25, 0.3) is 0 Å². The highest BCUT2D eigenvalue weighted by molar-refractivity contribution is 7.98. The molecule has 0 aliphatic rings. The maximum absolute atomic E-state index is 9.53. The van der Waals surface area contributed by atoms with E-state index in [1.165, 1.54) is 5.56 Å². The van der Waals surface area contributed by atoms with Gasteiger partial charge in [0.2, 0.25) is 0 Å². The molecule has 0 saturated heterocycles. The Labute approximate surface area is 139 Å². The van der Waals surface area contributed by atoms with Crippen molar-refractivity contribution < 1.29 is 5.11 Å². The van der Waals surface area contributed by atoms with E-state index in [4.69, 9.17) is 0 Å². The molecule has 1 heterocycles. The lowest BCUT2D eigenvalue weighted by molar-refractivity contribution is 0.475. The molecule has 0 bridgehead atoms. The molecule has 0 saturated carbocycles. The minimum atomic E-state index is 0.222. The van der Waals surface area contributed by atoms with E-state index in [-0.39, 0.29) is 5.75 Å². The number of benzene rings is 2. The third kappa shape index (κ3) is 4.47. The van der Waals surface area contributed by atoms with Crippen molar-refractivity contribution in [2.24, 2.45) is 0 Å². The highest BCUT2D eigenvalue weighted by Crippen LogP contribution is 2.24. The molecule has 4 nitrogen and oxygen atoms in total. The number of thioether (sulfide) groups is 1. The van der Waals surface area contributed by atoms with Gasteiger partial charge in [0.15, 0.2) is 5.16 Å². The van der Waals surface area contributed by atoms with Crippen LogP contribution >= 0.6 is 11.8 Å². The van der Waals surface area contributed by atoms with E-state index in [0.717, 1.165) is 28.1 Å². The number of aromatic nitrogens is 2. The van der Waals surface area contributed by atoms with Crippen molar-refractivity contribution in [2.45, 2.75) is 17.8 Å². The number of phenolic OH excluding ortho intramolecular Hbond substituents is 1. The van der Waals surface area contributed by atoms with Gasteiger partial charge < -0.3 is 10.4 Å². The largest absolute Gasteiger partial charge is 0.508 e. The molecule has 23 heavy (non-hydrogen) atoms. The Kier molecular flexibility index (Phi) is 4.78. The zero-order chi connectivity index (χ0) is 16.1. The van der Waals surface area contributed by atoms with Crippen LogP contribution in [0.25, 0.3) is 0 Å². The summed E-state index contributed by atoms with van der Waals surface area (Å²) in [5, 5.41) is 13.5. The smallest absolute Gasteiger partial charge is 0.190 e. The Morgan fingerprint density at radius 2 is 1.83 bits per heavy atom. The number of hydrogen-bond acceptors (Lipinski definition) is 5. The van der Waals surface area contributed by atoms with Crippen molar-refractivity contribution in [3.8, 4) is 5.75 Å². The van der Waals surface area contributed by atoms with E-state index in [2.05, 4.69) is 27.4 Å². The zero-order valence-corrected chi connectivity index (χ0v) is 13.5. The maximum Gasteiger partial charge on any atom is 0.190 e. The molecule has 3 aromatic rings. The first-order valence-electron chi connectivity index (χ1n) is 7.27. The van der Waals surface area contributed by atoms with E-state index in [9.17, 15) is 5.11 Å². The minimum Gasteiger partial charge on any atom is -0.508 e. The van der Waals surface area contributed by atoms with Gasteiger partial charge in [-0.3, -0.25) is 0 Å². The van der Waals surface area contributed by atoms with Gasteiger partial charge in [-0.1, -0.05) is 48.2 Å². The van der Waals surface area contributed by atoms with Crippen molar-refractivity contribution in [3.63, 3.8) is 0 Å². The van der Waals surface area contributed by atoms with Gasteiger partial charge in [-0.15, -0.1) is 0 Å². The average Bonchev–Trinajstić information content (AvgIpc) is 2.53. The predicted octanol–water partition coefficient (Wildman–Crippen LogP) is 4.53. The summed E-state index contributed by atoms with van der Waals surface area (Å²) in [6.45, 7) is 1.95. The number of phenols is 1. The normalized spacial score (nSPS) is 10.5. The number of rotatable bonds is 5. The van der Waals surface area contributed by atoms with Crippen LogP contribution in [0.3, 0.4) is 0 Å². The van der Waals surface area contributed by atoms with Crippen LogP contribution in [-0.2, 0) is 5.75 Å². The summed E-state index contributed by atoms with van der Waals surface area (Å²) >= 11 is 1.60. The van der Waals surface area contributed by atoms with E-state index >= 15 is 0 Å². The Bertz CT molecular complexity index is 793. The standard InChI is InChI=1S/C18H17N3OS/c1-13-10-17(20-15-8-5-9-16(22)11-15)21-18(19-13)23-12-14-6-3-2-4-7-14/h2-11,22H,12H2,1H3,(H,19,20,21). The summed E-state index contributed by atoms with van der Waals surface area (Å²) in [6.07, 6.45) is 0. The Hall–Kier alpha value is -2.53. The summed E-state index contributed by atoms with van der Waals surface area (Å²) in [5.41, 5.74) is 2.94. The number of anilines is 2. The Morgan fingerprint density at radius 3 is 2.61 bits per heavy atom. The van der Waals surface area contributed by atoms with Crippen molar-refractivity contribution in [3.05, 3.63) is 71.9 Å². The van der Waals surface area contributed by atoms with E-state index in [1.807, 2.05) is 37.3 Å². The number of aryl methyl sites for hydroxylation is 1. The molecule has 0 atom stereocenters. The van der Waals surface area contributed by atoms with Gasteiger partial charge in [0.05, 0.1) is 0 Å². The fraction of sp³-hybridized carbons (Fsp3) is 0.111. The van der Waals surface area contributed by atoms with Crippen LogP contribution < -0.4 is 5.32 Å². The quantitative estimate of drug-likeness (QED) is 0.534. The van der Waals surface area contributed by atoms with E-state index in [0.29, 0.717) is 0 Å². The van der Waals surface area contributed by atoms with Crippen molar-refractivity contribution >= 4 is 23.3 Å². The lowest BCUT2D eigenvalue weighted by atomic mass is 10.2. The van der Waals surface area contributed by atoms with Crippen LogP contribution in [-0.4, -0.2) is 15.1 Å². The van der Waals surface area contributed by atoms with Gasteiger partial charge in [0, 0.05) is 29.3 Å². The van der Waals surface area contributed by atoms with Crippen LogP contribution in [0, 0.1) is 6.92 Å². The number of nitrogens with one attached hydrogen (secondary N) is 1. The maximum atomic E-state index is 9.53. The first kappa shape index (κ1) is 15.4. The SMILES string of the molecule is Cc1cc(Nc2cccc(O)c2)nc(SCc2ccccc2)n1. The molecule has 0 unspecified atom stereocenters. The first-order valence-corrected chi connectivity index (χ1v) is 8.26. The lowest BCUT2D eigenvalue weighted by Gasteiger charge is -2.08. The third-order valence-corrected chi connectivity index (χ3v) is 4.08. The molecule has 0 fully saturated rings. The van der Waals surface area contributed by atoms with Crippen LogP contribution in [0.4, 0.5) is 11.5 Å². The van der Waals surface area contributed by atoms with Crippen molar-refractivity contribution in [1.29, 1.82) is 0 Å². The monoisotopic (exact) mass is 323 g/mol. The van der Waals surface area contributed by atoms with Crippen LogP contribution in [0.15, 0.2) is 65.8 Å². The van der Waals surface area contributed by atoms with E-state index < -0.39 is 0 Å². The summed E-state index contributed by atoms with van der Waals surface area (Å²) in [5.74, 6) is 1.77. The summed E-state index contributed by atoms with van der Waals surface area (Å²) in [6, 6.07) is 19.1. The number of aromatic hydroxyl groups is 1. The molecule has 0 aliphatic carbocycles. The molecule has 0 radical (unpaired) electrons. The molecule has 116 valence electrons. The van der Waals surface area contributed by atoms with Gasteiger partial charge in [-0.25, -0.2) is 9.97 Å². The second-order valence-corrected chi connectivity index (χ2v) is 6.07. The molecule has 1 aromatic heterocycles. The van der Waals surface area contributed by atoms with Gasteiger partial charge >= 0.3 is 0 Å². The molecule has 2 N–H and O–H groups in total. The molecule has 0 aliphatic heterocycles. The molecule has 0 amide bonds. The molecular weight excluding hydrogens is 306 g/mol. The molecule has 3 rings (SSSR count). The minimum absolute atomic E-state index is 0.222. The molecule has 0 spiro atoms. The zero-order valence-electron chi connectivity index (χ0n) is 12.7. The predicted molar refractivity (Wildman–Crippen MR) is 94.2 cm³/mol. The van der Waals surface area contributed by atoms with Crippen molar-refractivity contribution in [2.75, 3.05) is 5.32 Å². The van der Waals surface area contributed by atoms with Crippen LogP contribution in [0.1, 0.15) is 11.3 Å². The summed E-state index contributed by atoms with van der Waals surface area (Å²) in [7, 11) is 0. The highest BCUT2D eigenvalue weighted by Gasteiger charge is 2.05.